The van der Waals surface area contributed by atoms with Gasteiger partial charge in [-0.3, -0.25) is 0 Å². The molecule has 0 spiro atoms. The zero-order valence-corrected chi connectivity index (χ0v) is 52.9. The van der Waals surface area contributed by atoms with E-state index < -0.39 is 174 Å². The monoisotopic (exact) mass is 1400 g/mol. The highest BCUT2D eigenvalue weighted by molar-refractivity contribution is 8.08. The van der Waals surface area contributed by atoms with E-state index in [9.17, 15) is 95.1 Å². The van der Waals surface area contributed by atoms with Crippen molar-refractivity contribution in [2.45, 2.75) is 165 Å². The van der Waals surface area contributed by atoms with Crippen molar-refractivity contribution in [1.29, 1.82) is 0 Å². The summed E-state index contributed by atoms with van der Waals surface area (Å²) in [7, 11) is -16.8. The van der Waals surface area contributed by atoms with Gasteiger partial charge in [0.1, 0.15) is 22.3 Å². The first-order valence-electron chi connectivity index (χ1n) is 25.0. The second kappa shape index (κ2) is 24.2. The summed E-state index contributed by atoms with van der Waals surface area (Å²) in [4.78, 5) is 20.5. The molecule has 0 bridgehead atoms. The number of aryl methyl sites for hydroxylation is 8. The molecule has 4 aromatic heterocycles. The van der Waals surface area contributed by atoms with E-state index in [0.29, 0.717) is 9.36 Å². The predicted octanol–water partition coefficient (Wildman–Crippen LogP) is 6.71. The number of sulfone groups is 4. The smallest absolute Gasteiger partial charge is 0.396 e. The summed E-state index contributed by atoms with van der Waals surface area (Å²) in [5, 5.41) is 10.9. The van der Waals surface area contributed by atoms with E-state index in [2.05, 4.69) is 70.4 Å². The van der Waals surface area contributed by atoms with Gasteiger partial charge in [0.25, 0.3) is 39.3 Å². The van der Waals surface area contributed by atoms with Crippen LogP contribution in [0, 0.1) is 27.7 Å². The molecular formula is C44H56F14N14O14S4. The molecule has 508 valence electrons. The van der Waals surface area contributed by atoms with Crippen molar-refractivity contribution in [3.8, 4) is 11.8 Å². The second-order valence-corrected chi connectivity index (χ2v) is 29.7. The maximum atomic E-state index is 14.7. The van der Waals surface area contributed by atoms with Crippen LogP contribution in [0.3, 0.4) is 0 Å². The third kappa shape index (κ3) is 13.6. The number of halogens is 14. The van der Waals surface area contributed by atoms with Crippen LogP contribution in [0.15, 0.2) is 20.6 Å². The van der Waals surface area contributed by atoms with Crippen molar-refractivity contribution in [1.82, 2.24) is 49.5 Å². The van der Waals surface area contributed by atoms with Gasteiger partial charge < -0.3 is 28.8 Å². The number of hydrogen-bond donors (Lipinski definition) is 0. The molecule has 4 aliphatic heterocycles. The molecule has 0 saturated carbocycles. The van der Waals surface area contributed by atoms with Crippen molar-refractivity contribution in [2.24, 2.45) is 48.8 Å². The van der Waals surface area contributed by atoms with Crippen molar-refractivity contribution in [2.75, 3.05) is 0 Å². The van der Waals surface area contributed by atoms with Gasteiger partial charge in [0, 0.05) is 41.0 Å². The zero-order chi connectivity index (χ0) is 69.4. The number of oxime groups is 4. The fraction of sp³-hybridized carbons (Fsp3) is 0.682. The van der Waals surface area contributed by atoms with E-state index in [0.717, 1.165) is 51.4 Å². The first kappa shape index (κ1) is 73.7. The molecule has 90 heavy (non-hydrogen) atoms. The molecule has 0 N–H and O–H groups in total. The Bertz CT molecular complexity index is 4010. The molecule has 0 amide bonds. The first-order valence-corrected chi connectivity index (χ1v) is 30.9. The summed E-state index contributed by atoms with van der Waals surface area (Å²) < 4.78 is 301. The van der Waals surface area contributed by atoms with Gasteiger partial charge in [-0.25, -0.2) is 51.8 Å². The molecule has 0 saturated heterocycles. The third-order valence-electron chi connectivity index (χ3n) is 12.5. The van der Waals surface area contributed by atoms with Gasteiger partial charge in [0.05, 0.1) is 22.8 Å². The summed E-state index contributed by atoms with van der Waals surface area (Å²) in [6.07, 6.45) is -5.37. The fourth-order valence-corrected chi connectivity index (χ4v) is 13.7. The predicted molar refractivity (Wildman–Crippen MR) is 281 cm³/mol. The molecule has 8 rings (SSSR count). The third-order valence-corrected chi connectivity index (χ3v) is 19.3. The Balaban J connectivity index is 0.000000219. The molecule has 28 nitrogen and oxygen atoms in total. The van der Waals surface area contributed by atoms with Crippen LogP contribution in [0.25, 0.3) is 0 Å². The Morgan fingerprint density at radius 1 is 0.444 bits per heavy atom. The van der Waals surface area contributed by atoms with Crippen molar-refractivity contribution < 1.29 is 124 Å². The van der Waals surface area contributed by atoms with Crippen LogP contribution in [0.1, 0.15) is 114 Å². The van der Waals surface area contributed by atoms with Crippen LogP contribution < -0.4 is 9.47 Å². The largest absolute Gasteiger partial charge is 0.417 e. The second-order valence-electron chi connectivity index (χ2n) is 21.9. The lowest BCUT2D eigenvalue weighted by Gasteiger charge is -2.21. The van der Waals surface area contributed by atoms with Gasteiger partial charge in [-0.2, -0.15) is 92.9 Å². The number of alkyl halides is 14. The molecule has 0 aliphatic carbocycles. The summed E-state index contributed by atoms with van der Waals surface area (Å²) in [5.74, 6) is -2.19. The molecule has 8 heterocycles. The Labute approximate surface area is 502 Å². The van der Waals surface area contributed by atoms with E-state index in [1.54, 1.807) is 13.8 Å². The fourth-order valence-electron chi connectivity index (χ4n) is 7.98. The standard InChI is InChI=1S/C12H14F5N3O4S.C12H15F4N3O4S.C10H13F3N4O3S.C10H14F2N4O3S/c1-5-6(9(20(4)18-5)23-10(14)15)12(16,17)25(21,22)8-7(13)11(2,3)24-19-8;1-6-8(9(19(4)17-6)22-10(13)14)12(15,16)24(20,21)7-5-11(2,3)23-18-7;1-5-7(15-17(4)14-5)10(12,13)21(18,19)8-6(11)9(2,3)20-16-8;1-6-8(14-16(4)13-6)10(11,12)20(17,18)7-5-9(2,3)19-15-7/h7,10H,1-4H3;10H,5H2,1-4H3;6H,1-4H3;5H2,1-4H3. The maximum Gasteiger partial charge on any atom is 0.396 e. The molecule has 4 aliphatic rings. The van der Waals surface area contributed by atoms with Gasteiger partial charge in [0.15, 0.2) is 45.0 Å². The van der Waals surface area contributed by atoms with Crippen LogP contribution in [-0.4, -0.2) is 151 Å². The average molecular weight is 1400 g/mol. The Hall–Kier alpha value is -7.00. The number of rotatable bonds is 12. The molecule has 0 fully saturated rings. The van der Waals surface area contributed by atoms with Crippen molar-refractivity contribution in [3.05, 3.63) is 45.3 Å². The Morgan fingerprint density at radius 2 is 0.733 bits per heavy atom. The maximum absolute atomic E-state index is 14.7. The van der Waals surface area contributed by atoms with Gasteiger partial charge >= 0.3 is 34.2 Å². The lowest BCUT2D eigenvalue weighted by Crippen LogP contribution is -2.42. The van der Waals surface area contributed by atoms with Gasteiger partial charge in [-0.05, 0) is 83.1 Å². The molecule has 0 aromatic carbocycles. The van der Waals surface area contributed by atoms with E-state index in [1.807, 2.05) is 0 Å². The SMILES string of the molecule is Cc1nn(C)c(OC(F)F)c1C(F)(F)S(=O)(=O)C1=NOC(C)(C)C1.Cc1nn(C)c(OC(F)F)c1C(F)(F)S(=O)(=O)C1=NOC(C)(C)C1F.Cc1nn(C)nc1C(F)(F)S(=O)(=O)C1=NOC(C)(C)C1.Cc1nn(C)nc1C(F)(F)S(=O)(=O)C1=NOC(C)(C)C1F. The average Bonchev–Trinajstić information content (AvgIpc) is 1.52. The molecule has 2 unspecified atom stereocenters. The Kier molecular flexibility index (Phi) is 19.9. The van der Waals surface area contributed by atoms with Crippen LogP contribution in [0.5, 0.6) is 11.8 Å². The van der Waals surface area contributed by atoms with Gasteiger partial charge in [-0.1, -0.05) is 20.6 Å². The van der Waals surface area contributed by atoms with Gasteiger partial charge in [-0.15, -0.1) is 0 Å². The topological polar surface area (TPSA) is 338 Å². The van der Waals surface area contributed by atoms with Crippen LogP contribution in [-0.2, 0) is 108 Å². The van der Waals surface area contributed by atoms with E-state index in [4.69, 9.17) is 9.68 Å². The van der Waals surface area contributed by atoms with Crippen molar-refractivity contribution >= 4 is 59.5 Å². The number of aromatic nitrogens is 10. The van der Waals surface area contributed by atoms with E-state index in [1.165, 1.54) is 55.6 Å². The molecule has 46 heteroatoms. The minimum atomic E-state index is -5.74. The highest BCUT2D eigenvalue weighted by Crippen LogP contribution is 2.48. The molecule has 2 atom stereocenters. The van der Waals surface area contributed by atoms with Gasteiger partial charge in [0.2, 0.25) is 21.8 Å². The minimum Gasteiger partial charge on any atom is -0.417 e. The normalized spacial score (nSPS) is 19.8. The number of ether oxygens (including phenoxy) is 2. The quantitative estimate of drug-likeness (QED) is 0.133. The minimum absolute atomic E-state index is 0.153. The summed E-state index contributed by atoms with van der Waals surface area (Å²) >= 11 is 0. The van der Waals surface area contributed by atoms with E-state index >= 15 is 0 Å². The lowest BCUT2D eigenvalue weighted by atomic mass is 10.1. The number of hydrogen-bond acceptors (Lipinski definition) is 24. The summed E-state index contributed by atoms with van der Waals surface area (Å²) in [6, 6.07) is 0. The van der Waals surface area contributed by atoms with E-state index in [-0.39, 0.29) is 24.2 Å². The zero-order valence-electron chi connectivity index (χ0n) is 49.6. The highest BCUT2D eigenvalue weighted by atomic mass is 32.2. The van der Waals surface area contributed by atoms with Crippen LogP contribution in [0.2, 0.25) is 0 Å². The molecule has 4 aromatic rings. The summed E-state index contributed by atoms with van der Waals surface area (Å²) in [6.45, 7) is 8.24. The summed E-state index contributed by atoms with van der Waals surface area (Å²) in [5.41, 5.74) is -11.5. The lowest BCUT2D eigenvalue weighted by molar-refractivity contribution is -0.0591. The van der Waals surface area contributed by atoms with Crippen LogP contribution >= 0.6 is 0 Å². The highest BCUT2D eigenvalue weighted by Gasteiger charge is 2.63. The van der Waals surface area contributed by atoms with Crippen molar-refractivity contribution in [3.63, 3.8) is 0 Å². The Morgan fingerprint density at radius 3 is 0.989 bits per heavy atom. The number of nitrogens with zero attached hydrogens (tertiary/aromatic N) is 14. The van der Waals surface area contributed by atoms with Crippen LogP contribution in [0.4, 0.5) is 61.5 Å². The molecular weight excluding hydrogens is 1340 g/mol. The molecule has 0 radical (unpaired) electrons. The first-order chi connectivity index (χ1) is 40.4.